The summed E-state index contributed by atoms with van der Waals surface area (Å²) in [5.41, 5.74) is 3.17. The maximum atomic E-state index is 10.1. The third-order valence-corrected chi connectivity index (χ3v) is 8.44. The largest absolute Gasteiger partial charge is 0.393 e. The van der Waals surface area contributed by atoms with Crippen LogP contribution in [-0.4, -0.2) is 33.1 Å². The number of allylic oxidation sites excluding steroid dienone is 3. The highest BCUT2D eigenvalue weighted by atomic mass is 16.3. The Balaban J connectivity index is 1.70. The van der Waals surface area contributed by atoms with Crippen molar-refractivity contribution >= 4 is 0 Å². The van der Waals surface area contributed by atoms with Gasteiger partial charge in [-0.1, -0.05) is 51.0 Å². The molecule has 0 unspecified atom stereocenters. The van der Waals surface area contributed by atoms with Crippen molar-refractivity contribution in [1.82, 2.24) is 0 Å². The first-order valence-corrected chi connectivity index (χ1v) is 12.2. The quantitative estimate of drug-likeness (QED) is 0.520. The lowest BCUT2D eigenvalue weighted by atomic mass is 9.60. The van der Waals surface area contributed by atoms with Crippen molar-refractivity contribution in [1.29, 1.82) is 0 Å². The second-order valence-electron chi connectivity index (χ2n) is 11.3. The van der Waals surface area contributed by atoms with Gasteiger partial charge in [-0.05, 0) is 93.1 Å². The number of fused-ring (bicyclic) bond motifs is 1. The highest BCUT2D eigenvalue weighted by Gasteiger charge is 2.50. The predicted octanol–water partition coefficient (Wildman–Crippen LogP) is 5.70. The van der Waals surface area contributed by atoms with Crippen molar-refractivity contribution in [2.75, 3.05) is 0 Å². The van der Waals surface area contributed by atoms with E-state index < -0.39 is 17.8 Å². The van der Waals surface area contributed by atoms with Crippen LogP contribution in [-0.2, 0) is 0 Å². The Bertz CT molecular complexity index is 683. The van der Waals surface area contributed by atoms with E-state index in [0.29, 0.717) is 30.1 Å². The van der Waals surface area contributed by atoms with E-state index in [4.69, 9.17) is 0 Å². The lowest BCUT2D eigenvalue weighted by Crippen LogP contribution is -2.36. The molecule has 0 spiro atoms. The Hall–Kier alpha value is -0.900. The van der Waals surface area contributed by atoms with Gasteiger partial charge in [0.1, 0.15) is 0 Å². The van der Waals surface area contributed by atoms with E-state index in [1.54, 1.807) is 5.57 Å². The van der Waals surface area contributed by atoms with Gasteiger partial charge >= 0.3 is 0 Å². The zero-order valence-electron chi connectivity index (χ0n) is 19.7. The summed E-state index contributed by atoms with van der Waals surface area (Å²) in [5, 5.41) is 30.2. The molecule has 0 heterocycles. The molecule has 0 bridgehead atoms. The number of rotatable bonds is 6. The summed E-state index contributed by atoms with van der Waals surface area (Å²) in [7, 11) is 0. The lowest BCUT2D eigenvalue weighted by Gasteiger charge is -2.44. The standard InChI is InChI=1S/C27H44O3/c1-18(8-6-14-26(3,4)30)23-12-13-24-20(9-7-15-27(23,24)5)10-11-21-16-22(28)17-25(29)19(21)2/h10-11,18,22-25,28-30H,2,6-9,12-17H2,1,3-5H3/b20-10+,21-11+/t18-,22-,23-,24+,25+,27-/m1/s1. The average molecular weight is 417 g/mol. The van der Waals surface area contributed by atoms with Crippen LogP contribution in [0.4, 0.5) is 0 Å². The van der Waals surface area contributed by atoms with E-state index in [2.05, 4.69) is 32.6 Å². The molecule has 0 aromatic carbocycles. The Morgan fingerprint density at radius 2 is 1.97 bits per heavy atom. The average Bonchev–Trinajstić information content (AvgIpc) is 3.00. The molecule has 0 aromatic rings. The molecule has 3 fully saturated rings. The molecule has 3 nitrogen and oxygen atoms in total. The molecule has 0 amide bonds. The lowest BCUT2D eigenvalue weighted by molar-refractivity contribution is 0.0596. The van der Waals surface area contributed by atoms with Gasteiger partial charge in [-0.25, -0.2) is 0 Å². The monoisotopic (exact) mass is 416 g/mol. The molecule has 0 radical (unpaired) electrons. The molecule has 3 rings (SSSR count). The molecule has 30 heavy (non-hydrogen) atoms. The first-order valence-electron chi connectivity index (χ1n) is 12.2. The van der Waals surface area contributed by atoms with Crippen LogP contribution >= 0.6 is 0 Å². The Morgan fingerprint density at radius 1 is 1.23 bits per heavy atom. The van der Waals surface area contributed by atoms with E-state index in [0.717, 1.165) is 29.9 Å². The second-order valence-corrected chi connectivity index (χ2v) is 11.3. The number of hydrogen-bond acceptors (Lipinski definition) is 3. The van der Waals surface area contributed by atoms with E-state index in [9.17, 15) is 15.3 Å². The van der Waals surface area contributed by atoms with Crippen LogP contribution in [0, 0.1) is 23.2 Å². The summed E-state index contributed by atoms with van der Waals surface area (Å²) < 4.78 is 0. The van der Waals surface area contributed by atoms with Gasteiger partial charge in [0.05, 0.1) is 17.8 Å². The van der Waals surface area contributed by atoms with Crippen LogP contribution in [0.3, 0.4) is 0 Å². The summed E-state index contributed by atoms with van der Waals surface area (Å²) >= 11 is 0. The third kappa shape index (κ3) is 5.29. The molecular weight excluding hydrogens is 372 g/mol. The minimum Gasteiger partial charge on any atom is -0.393 e. The Kier molecular flexibility index (Phi) is 7.37. The van der Waals surface area contributed by atoms with E-state index in [1.807, 2.05) is 13.8 Å². The van der Waals surface area contributed by atoms with Gasteiger partial charge in [0.2, 0.25) is 0 Å². The normalized spacial score (nSPS) is 38.8. The van der Waals surface area contributed by atoms with Crippen molar-refractivity contribution in [2.24, 2.45) is 23.2 Å². The molecule has 3 aliphatic rings. The van der Waals surface area contributed by atoms with Crippen molar-refractivity contribution in [3.63, 3.8) is 0 Å². The molecular formula is C27H44O3. The highest BCUT2D eigenvalue weighted by molar-refractivity contribution is 5.38. The summed E-state index contributed by atoms with van der Waals surface area (Å²) in [6, 6.07) is 0. The van der Waals surface area contributed by atoms with Crippen molar-refractivity contribution < 1.29 is 15.3 Å². The van der Waals surface area contributed by atoms with Gasteiger partial charge in [0.25, 0.3) is 0 Å². The van der Waals surface area contributed by atoms with E-state index in [1.165, 1.54) is 38.5 Å². The van der Waals surface area contributed by atoms with Gasteiger partial charge in [0, 0.05) is 6.42 Å². The maximum Gasteiger partial charge on any atom is 0.0811 e. The van der Waals surface area contributed by atoms with Crippen molar-refractivity contribution in [2.45, 2.75) is 110 Å². The second kappa shape index (κ2) is 9.30. The van der Waals surface area contributed by atoms with Gasteiger partial charge < -0.3 is 15.3 Å². The van der Waals surface area contributed by atoms with Crippen molar-refractivity contribution in [3.8, 4) is 0 Å². The summed E-state index contributed by atoms with van der Waals surface area (Å²) in [6.07, 6.45) is 13.9. The number of aliphatic hydroxyl groups is 3. The van der Waals surface area contributed by atoms with Crippen LogP contribution in [0.5, 0.6) is 0 Å². The molecule has 3 aliphatic carbocycles. The zero-order chi connectivity index (χ0) is 22.1. The Morgan fingerprint density at radius 3 is 2.67 bits per heavy atom. The third-order valence-electron chi connectivity index (χ3n) is 8.44. The van der Waals surface area contributed by atoms with Crippen LogP contribution < -0.4 is 0 Å². The van der Waals surface area contributed by atoms with Gasteiger partial charge in [-0.15, -0.1) is 0 Å². The number of hydrogen-bond donors (Lipinski definition) is 3. The molecule has 3 saturated carbocycles. The minimum atomic E-state index is -0.615. The van der Waals surface area contributed by atoms with Crippen molar-refractivity contribution in [3.05, 3.63) is 35.5 Å². The predicted molar refractivity (Wildman–Crippen MR) is 124 cm³/mol. The van der Waals surface area contributed by atoms with Gasteiger partial charge in [-0.3, -0.25) is 0 Å². The van der Waals surface area contributed by atoms with Crippen LogP contribution in [0.25, 0.3) is 0 Å². The van der Waals surface area contributed by atoms with Crippen LogP contribution in [0.2, 0.25) is 0 Å². The molecule has 0 saturated heterocycles. The molecule has 0 aromatic heterocycles. The zero-order valence-corrected chi connectivity index (χ0v) is 19.7. The number of aliphatic hydroxyl groups excluding tert-OH is 2. The van der Waals surface area contributed by atoms with Crippen LogP contribution in [0.1, 0.15) is 91.9 Å². The summed E-state index contributed by atoms with van der Waals surface area (Å²) in [6.45, 7) is 12.8. The molecule has 170 valence electrons. The van der Waals surface area contributed by atoms with Gasteiger partial charge in [-0.2, -0.15) is 0 Å². The molecule has 6 atom stereocenters. The Labute approximate surface area is 184 Å². The SMILES string of the molecule is C=C1/C(=C/C=C2\CCC[C@]3(C)[C@@H]([C@H](C)CCCC(C)(C)O)CC[C@@H]23)C[C@@H](O)C[C@@H]1O. The summed E-state index contributed by atoms with van der Waals surface area (Å²) in [5.74, 6) is 2.11. The first kappa shape index (κ1) is 23.8. The fraction of sp³-hybridized carbons (Fsp3) is 0.778. The molecule has 3 heteroatoms. The van der Waals surface area contributed by atoms with Gasteiger partial charge in [0.15, 0.2) is 0 Å². The van der Waals surface area contributed by atoms with Crippen LogP contribution in [0.15, 0.2) is 35.5 Å². The van der Waals surface area contributed by atoms with E-state index in [-0.39, 0.29) is 0 Å². The minimum absolute atomic E-state index is 0.374. The molecule has 0 aliphatic heterocycles. The maximum absolute atomic E-state index is 10.1. The smallest absolute Gasteiger partial charge is 0.0811 e. The topological polar surface area (TPSA) is 60.7 Å². The molecule has 3 N–H and O–H groups in total. The van der Waals surface area contributed by atoms with E-state index >= 15 is 0 Å². The summed E-state index contributed by atoms with van der Waals surface area (Å²) in [4.78, 5) is 0. The fourth-order valence-electron chi connectivity index (χ4n) is 6.74. The fourth-order valence-corrected chi connectivity index (χ4v) is 6.74. The first-order chi connectivity index (χ1) is 14.0. The highest BCUT2D eigenvalue weighted by Crippen LogP contribution is 2.60.